The van der Waals surface area contributed by atoms with Crippen molar-refractivity contribution in [2.24, 2.45) is 11.7 Å². The van der Waals surface area contributed by atoms with Gasteiger partial charge in [0.05, 0.1) is 10.5 Å². The van der Waals surface area contributed by atoms with Crippen LogP contribution in [0.25, 0.3) is 0 Å². The lowest BCUT2D eigenvalue weighted by Gasteiger charge is -2.30. The van der Waals surface area contributed by atoms with E-state index in [0.29, 0.717) is 12.5 Å². The smallest absolute Gasteiger partial charge is 0.312 e. The van der Waals surface area contributed by atoms with E-state index < -0.39 is 4.92 Å². The number of nitriles is 1. The van der Waals surface area contributed by atoms with E-state index in [9.17, 15) is 10.1 Å². The second kappa shape index (κ2) is 6.99. The maximum atomic E-state index is 11.1. The van der Waals surface area contributed by atoms with E-state index in [4.69, 9.17) is 11.0 Å². The number of nitrogens with two attached hydrogens (primary N) is 1. The Balaban J connectivity index is 2.20. The molecule has 1 unspecified atom stereocenters. The van der Waals surface area contributed by atoms with Crippen LogP contribution in [0, 0.1) is 27.4 Å². The van der Waals surface area contributed by atoms with Gasteiger partial charge in [-0.15, -0.1) is 0 Å². The molecule has 1 atom stereocenters. The lowest BCUT2D eigenvalue weighted by molar-refractivity contribution is -0.384. The molecule has 7 heteroatoms. The molecule has 0 bridgehead atoms. The van der Waals surface area contributed by atoms with Crippen molar-refractivity contribution in [1.29, 1.82) is 5.26 Å². The van der Waals surface area contributed by atoms with Crippen LogP contribution in [-0.2, 0) is 0 Å². The molecular formula is C14H19N5O2. The molecule has 112 valence electrons. The van der Waals surface area contributed by atoms with Crippen molar-refractivity contribution in [2.45, 2.75) is 38.1 Å². The van der Waals surface area contributed by atoms with Crippen molar-refractivity contribution >= 4 is 11.5 Å². The molecule has 3 N–H and O–H groups in total. The Morgan fingerprint density at radius 3 is 2.81 bits per heavy atom. The van der Waals surface area contributed by atoms with Gasteiger partial charge in [-0.1, -0.05) is 19.3 Å². The summed E-state index contributed by atoms with van der Waals surface area (Å²) in [5.74, 6) is 0.612. The van der Waals surface area contributed by atoms with Gasteiger partial charge in [0.15, 0.2) is 0 Å². The summed E-state index contributed by atoms with van der Waals surface area (Å²) in [5, 5.41) is 23.0. The molecule has 2 rings (SSSR count). The van der Waals surface area contributed by atoms with Gasteiger partial charge < -0.3 is 11.1 Å². The van der Waals surface area contributed by atoms with Gasteiger partial charge in [0.1, 0.15) is 6.07 Å². The molecule has 1 aromatic rings. The SMILES string of the molecule is N#Cc1cnc(NC(CN)C2CCCCC2)c([N+](=O)[O-])c1. The fourth-order valence-corrected chi connectivity index (χ4v) is 2.85. The second-order valence-corrected chi connectivity index (χ2v) is 5.35. The van der Waals surface area contributed by atoms with Crippen LogP contribution >= 0.6 is 0 Å². The Hall–Kier alpha value is -2.20. The van der Waals surface area contributed by atoms with E-state index >= 15 is 0 Å². The van der Waals surface area contributed by atoms with Gasteiger partial charge in [-0.05, 0) is 18.8 Å². The van der Waals surface area contributed by atoms with Crippen LogP contribution < -0.4 is 11.1 Å². The first kappa shape index (κ1) is 15.2. The number of hydrogen-bond acceptors (Lipinski definition) is 6. The molecule has 21 heavy (non-hydrogen) atoms. The number of hydrogen-bond donors (Lipinski definition) is 2. The zero-order valence-corrected chi connectivity index (χ0v) is 11.8. The monoisotopic (exact) mass is 289 g/mol. The predicted molar refractivity (Wildman–Crippen MR) is 78.6 cm³/mol. The summed E-state index contributed by atoms with van der Waals surface area (Å²) in [5.41, 5.74) is 5.82. The first-order valence-corrected chi connectivity index (χ1v) is 7.17. The van der Waals surface area contributed by atoms with Crippen LogP contribution in [0.5, 0.6) is 0 Å². The first-order chi connectivity index (χ1) is 10.2. The Bertz CT molecular complexity index is 549. The van der Waals surface area contributed by atoms with Crippen LogP contribution in [0.3, 0.4) is 0 Å². The van der Waals surface area contributed by atoms with Gasteiger partial charge in [0, 0.05) is 24.8 Å². The summed E-state index contributed by atoms with van der Waals surface area (Å²) >= 11 is 0. The van der Waals surface area contributed by atoms with Crippen molar-refractivity contribution in [3.05, 3.63) is 27.9 Å². The topological polar surface area (TPSA) is 118 Å². The number of aromatic nitrogens is 1. The molecule has 0 saturated heterocycles. The Morgan fingerprint density at radius 2 is 2.24 bits per heavy atom. The van der Waals surface area contributed by atoms with Crippen molar-refractivity contribution in [1.82, 2.24) is 4.98 Å². The third kappa shape index (κ3) is 3.67. The Kier molecular flexibility index (Phi) is 5.06. The molecular weight excluding hydrogens is 270 g/mol. The van der Waals surface area contributed by atoms with Crippen LogP contribution in [0.1, 0.15) is 37.7 Å². The number of nitrogens with zero attached hydrogens (tertiary/aromatic N) is 3. The van der Waals surface area contributed by atoms with Crippen molar-refractivity contribution < 1.29 is 4.92 Å². The molecule has 0 radical (unpaired) electrons. The third-order valence-electron chi connectivity index (χ3n) is 3.99. The number of rotatable bonds is 5. The highest BCUT2D eigenvalue weighted by molar-refractivity contribution is 5.58. The van der Waals surface area contributed by atoms with E-state index in [1.54, 1.807) is 0 Å². The maximum absolute atomic E-state index is 11.1. The van der Waals surface area contributed by atoms with E-state index in [1.165, 1.54) is 31.5 Å². The molecule has 1 fully saturated rings. The van der Waals surface area contributed by atoms with Gasteiger partial charge in [-0.25, -0.2) is 4.98 Å². The lowest BCUT2D eigenvalue weighted by atomic mass is 9.84. The number of nitrogens with one attached hydrogen (secondary N) is 1. The minimum atomic E-state index is -0.523. The highest BCUT2D eigenvalue weighted by Crippen LogP contribution is 2.30. The fraction of sp³-hybridized carbons (Fsp3) is 0.571. The van der Waals surface area contributed by atoms with Gasteiger partial charge in [-0.2, -0.15) is 5.26 Å². The minimum absolute atomic E-state index is 0.0237. The number of anilines is 1. The maximum Gasteiger partial charge on any atom is 0.312 e. The summed E-state index contributed by atoms with van der Waals surface area (Å²) in [6.45, 7) is 0.406. The Labute approximate surface area is 123 Å². The molecule has 1 aliphatic rings. The summed E-state index contributed by atoms with van der Waals surface area (Å²) in [6.07, 6.45) is 7.09. The highest BCUT2D eigenvalue weighted by Gasteiger charge is 2.26. The van der Waals surface area contributed by atoms with Crippen molar-refractivity contribution in [3.63, 3.8) is 0 Å². The molecule has 0 aromatic carbocycles. The van der Waals surface area contributed by atoms with Crippen LogP contribution in [0.4, 0.5) is 11.5 Å². The van der Waals surface area contributed by atoms with Crippen LogP contribution in [0.2, 0.25) is 0 Å². The summed E-state index contributed by atoms with van der Waals surface area (Å²) in [4.78, 5) is 14.6. The molecule has 1 aliphatic carbocycles. The van der Waals surface area contributed by atoms with Gasteiger partial charge in [0.2, 0.25) is 5.82 Å². The highest BCUT2D eigenvalue weighted by atomic mass is 16.6. The summed E-state index contributed by atoms with van der Waals surface area (Å²) in [6, 6.07) is 3.08. The van der Waals surface area contributed by atoms with E-state index in [-0.39, 0.29) is 23.1 Å². The summed E-state index contributed by atoms with van der Waals surface area (Å²) < 4.78 is 0. The standard InChI is InChI=1S/C14H19N5O2/c15-7-10-6-13(19(20)21)14(17-9-10)18-12(8-16)11-4-2-1-3-5-11/h6,9,11-12H,1-5,8,16H2,(H,17,18). The minimum Gasteiger partial charge on any atom is -0.360 e. The van der Waals surface area contributed by atoms with Crippen molar-refractivity contribution in [3.8, 4) is 6.07 Å². The van der Waals surface area contributed by atoms with Crippen LogP contribution in [0.15, 0.2) is 12.3 Å². The molecule has 0 amide bonds. The number of nitro groups is 1. The molecule has 7 nitrogen and oxygen atoms in total. The fourth-order valence-electron chi connectivity index (χ4n) is 2.85. The quantitative estimate of drug-likeness (QED) is 0.633. The summed E-state index contributed by atoms with van der Waals surface area (Å²) in [7, 11) is 0. The zero-order valence-electron chi connectivity index (χ0n) is 11.8. The molecule has 1 saturated carbocycles. The van der Waals surface area contributed by atoms with Gasteiger partial charge in [0.25, 0.3) is 0 Å². The van der Waals surface area contributed by atoms with Gasteiger partial charge in [-0.3, -0.25) is 10.1 Å². The Morgan fingerprint density at radius 1 is 1.52 bits per heavy atom. The van der Waals surface area contributed by atoms with Gasteiger partial charge >= 0.3 is 5.69 Å². The lowest BCUT2D eigenvalue weighted by Crippen LogP contribution is -2.37. The molecule has 0 aliphatic heterocycles. The average Bonchev–Trinajstić information content (AvgIpc) is 2.53. The predicted octanol–water partition coefficient (Wildman–Crippen LogP) is 2.18. The first-order valence-electron chi connectivity index (χ1n) is 7.17. The zero-order chi connectivity index (χ0) is 15.2. The van der Waals surface area contributed by atoms with Crippen molar-refractivity contribution in [2.75, 3.05) is 11.9 Å². The normalized spacial score (nSPS) is 17.0. The molecule has 1 heterocycles. The second-order valence-electron chi connectivity index (χ2n) is 5.35. The number of pyridine rings is 1. The third-order valence-corrected chi connectivity index (χ3v) is 3.99. The average molecular weight is 289 g/mol. The van der Waals surface area contributed by atoms with E-state index in [0.717, 1.165) is 12.8 Å². The van der Waals surface area contributed by atoms with E-state index in [2.05, 4.69) is 10.3 Å². The van der Waals surface area contributed by atoms with E-state index in [1.807, 2.05) is 6.07 Å². The largest absolute Gasteiger partial charge is 0.360 e. The molecule has 0 spiro atoms. The molecule has 1 aromatic heterocycles. The van der Waals surface area contributed by atoms with Crippen LogP contribution in [-0.4, -0.2) is 22.5 Å².